The molecule has 4 heterocycles. The fourth-order valence-electron chi connectivity index (χ4n) is 8.55. The molecule has 4 nitrogen and oxygen atoms in total. The van der Waals surface area contributed by atoms with Crippen LogP contribution in [-0.2, 0) is 0 Å². The summed E-state index contributed by atoms with van der Waals surface area (Å²) in [6.07, 6.45) is 0. The number of rotatable bonds is 5. The van der Waals surface area contributed by atoms with E-state index < -0.39 is 0 Å². The zero-order chi connectivity index (χ0) is 38.2. The van der Waals surface area contributed by atoms with Gasteiger partial charge in [-0.05, 0) is 42.0 Å². The van der Waals surface area contributed by atoms with Crippen LogP contribution >= 0.6 is 11.3 Å². The largest absolute Gasteiger partial charge is 0.456 e. The molecule has 0 radical (unpaired) electrons. The molecule has 0 aliphatic rings. The van der Waals surface area contributed by atoms with Crippen LogP contribution in [0.3, 0.4) is 0 Å². The fourth-order valence-corrected chi connectivity index (χ4v) is 9.69. The minimum atomic E-state index is 0.699. The average Bonchev–Trinajstić information content (AvgIpc) is 3.87. The van der Waals surface area contributed by atoms with Crippen LogP contribution in [0.1, 0.15) is 0 Å². The van der Waals surface area contributed by atoms with E-state index in [0.29, 0.717) is 5.82 Å². The van der Waals surface area contributed by atoms with Crippen LogP contribution < -0.4 is 0 Å². The van der Waals surface area contributed by atoms with E-state index in [4.69, 9.17) is 19.4 Å². The number of hydrogen-bond donors (Lipinski definition) is 0. The van der Waals surface area contributed by atoms with Gasteiger partial charge in [-0.25, -0.2) is 15.0 Å². The van der Waals surface area contributed by atoms with Gasteiger partial charge in [-0.15, -0.1) is 11.3 Å². The van der Waals surface area contributed by atoms with Crippen LogP contribution in [0, 0.1) is 0 Å². The van der Waals surface area contributed by atoms with E-state index >= 15 is 0 Å². The summed E-state index contributed by atoms with van der Waals surface area (Å²) in [5.74, 6) is 0.699. The molecule has 4 aromatic heterocycles. The molecule has 0 aliphatic heterocycles. The maximum atomic E-state index is 6.40. The summed E-state index contributed by atoms with van der Waals surface area (Å²) >= 11 is 1.82. The lowest BCUT2D eigenvalue weighted by Crippen LogP contribution is -1.96. The number of benzene rings is 8. The van der Waals surface area contributed by atoms with Gasteiger partial charge in [0.2, 0.25) is 0 Å². The highest BCUT2D eigenvalue weighted by Gasteiger charge is 2.20. The van der Waals surface area contributed by atoms with Crippen LogP contribution in [0.25, 0.3) is 120 Å². The number of hydrogen-bond acceptors (Lipinski definition) is 5. The number of thiophene rings is 1. The lowest BCUT2D eigenvalue weighted by molar-refractivity contribution is 0.669. The standard InChI is InChI=1S/C53H31N3OS/c1-3-12-34(13-4-1)51-42-28-29-46-50(40-17-7-9-20-45(40)57-46)49(42)41-19-11-18-37(52(41)56-51)32-22-24-33(25-23-32)43-31-44(55-53(54-43)35-14-5-2-6-15-35)36-26-27-39-38-16-8-10-21-47(38)58-48(39)30-36/h1-31H. The Morgan fingerprint density at radius 3 is 1.83 bits per heavy atom. The molecule has 0 fully saturated rings. The van der Waals surface area contributed by atoms with Gasteiger partial charge in [-0.1, -0.05) is 152 Å². The zero-order valence-electron chi connectivity index (χ0n) is 31.1. The molecule has 0 saturated carbocycles. The Hall–Kier alpha value is -7.47. The quantitative estimate of drug-likeness (QED) is 0.164. The molecule has 270 valence electrons. The van der Waals surface area contributed by atoms with Crippen molar-refractivity contribution in [3.05, 3.63) is 188 Å². The number of fused-ring (bicyclic) bond motifs is 10. The Morgan fingerprint density at radius 2 is 1.00 bits per heavy atom. The van der Waals surface area contributed by atoms with Crippen LogP contribution in [-0.4, -0.2) is 15.0 Å². The SMILES string of the molecule is c1ccc(-c2nc(-c3ccc(-c4cccc5c4nc(-c4ccccc4)c4ccc6oc7ccccc7c6c45)cc3)cc(-c3ccc4c(c3)sc3ccccc34)n2)cc1. The molecule has 0 aliphatic carbocycles. The summed E-state index contributed by atoms with van der Waals surface area (Å²) in [7, 11) is 0. The summed E-state index contributed by atoms with van der Waals surface area (Å²) in [6.45, 7) is 0. The van der Waals surface area contributed by atoms with Gasteiger partial charge in [0.1, 0.15) is 11.2 Å². The number of pyridine rings is 1. The molecular formula is C53H31N3OS. The highest BCUT2D eigenvalue weighted by Crippen LogP contribution is 2.43. The van der Waals surface area contributed by atoms with Gasteiger partial charge in [0, 0.05) is 74.9 Å². The molecular weight excluding hydrogens is 727 g/mol. The molecule has 12 aromatic rings. The first-order valence-electron chi connectivity index (χ1n) is 19.4. The summed E-state index contributed by atoms with van der Waals surface area (Å²) in [4.78, 5) is 15.8. The Kier molecular flexibility index (Phi) is 7.37. The molecule has 8 aromatic carbocycles. The van der Waals surface area contributed by atoms with Crippen molar-refractivity contribution in [1.82, 2.24) is 15.0 Å². The molecule has 0 saturated heterocycles. The van der Waals surface area contributed by atoms with Crippen LogP contribution in [0.2, 0.25) is 0 Å². The Bertz CT molecular complexity index is 3550. The summed E-state index contributed by atoms with van der Waals surface area (Å²) in [6, 6.07) is 65.9. The van der Waals surface area contributed by atoms with Gasteiger partial charge in [-0.3, -0.25) is 0 Å². The number of nitrogens with zero attached hydrogens (tertiary/aromatic N) is 3. The Morgan fingerprint density at radius 1 is 0.362 bits per heavy atom. The monoisotopic (exact) mass is 757 g/mol. The van der Waals surface area contributed by atoms with E-state index in [1.807, 2.05) is 41.7 Å². The molecule has 58 heavy (non-hydrogen) atoms. The first-order chi connectivity index (χ1) is 28.7. The second-order valence-electron chi connectivity index (χ2n) is 14.7. The van der Waals surface area contributed by atoms with Crippen molar-refractivity contribution in [1.29, 1.82) is 0 Å². The van der Waals surface area contributed by atoms with Gasteiger partial charge >= 0.3 is 0 Å². The van der Waals surface area contributed by atoms with E-state index in [0.717, 1.165) is 94.1 Å². The number of para-hydroxylation sites is 2. The van der Waals surface area contributed by atoms with Crippen molar-refractivity contribution in [3.63, 3.8) is 0 Å². The van der Waals surface area contributed by atoms with Crippen LogP contribution in [0.15, 0.2) is 192 Å². The second kappa shape index (κ2) is 13.1. The zero-order valence-corrected chi connectivity index (χ0v) is 31.9. The fraction of sp³-hybridized carbons (Fsp3) is 0. The third-order valence-electron chi connectivity index (χ3n) is 11.3. The second-order valence-corrected chi connectivity index (χ2v) is 15.8. The molecule has 12 rings (SSSR count). The lowest BCUT2D eigenvalue weighted by atomic mass is 9.93. The first kappa shape index (κ1) is 32.7. The molecule has 0 bridgehead atoms. The Labute approximate surface area is 337 Å². The predicted molar refractivity (Wildman–Crippen MR) is 242 cm³/mol. The highest BCUT2D eigenvalue weighted by atomic mass is 32.1. The Balaban J connectivity index is 1.02. The van der Waals surface area contributed by atoms with Crippen molar-refractivity contribution in [2.75, 3.05) is 0 Å². The molecule has 0 spiro atoms. The van der Waals surface area contributed by atoms with Crippen molar-refractivity contribution in [2.45, 2.75) is 0 Å². The van der Waals surface area contributed by atoms with E-state index in [1.165, 1.54) is 20.2 Å². The van der Waals surface area contributed by atoms with Gasteiger partial charge < -0.3 is 4.42 Å². The summed E-state index contributed by atoms with van der Waals surface area (Å²) in [5.41, 5.74) is 11.7. The van der Waals surface area contributed by atoms with E-state index in [1.54, 1.807) is 0 Å². The van der Waals surface area contributed by atoms with Crippen molar-refractivity contribution >= 4 is 75.1 Å². The van der Waals surface area contributed by atoms with Gasteiger partial charge in [-0.2, -0.15) is 0 Å². The van der Waals surface area contributed by atoms with Crippen molar-refractivity contribution < 1.29 is 4.42 Å². The summed E-state index contributed by atoms with van der Waals surface area (Å²) in [5, 5.41) is 8.13. The minimum Gasteiger partial charge on any atom is -0.456 e. The van der Waals surface area contributed by atoms with E-state index in [2.05, 4.69) is 158 Å². The third kappa shape index (κ3) is 5.25. The maximum absolute atomic E-state index is 6.40. The smallest absolute Gasteiger partial charge is 0.160 e. The van der Waals surface area contributed by atoms with Gasteiger partial charge in [0.15, 0.2) is 5.82 Å². The topological polar surface area (TPSA) is 51.8 Å². The molecule has 0 atom stereocenters. The summed E-state index contributed by atoms with van der Waals surface area (Å²) < 4.78 is 8.94. The minimum absolute atomic E-state index is 0.699. The molecule has 0 N–H and O–H groups in total. The van der Waals surface area contributed by atoms with Crippen LogP contribution in [0.4, 0.5) is 0 Å². The third-order valence-corrected chi connectivity index (χ3v) is 12.4. The van der Waals surface area contributed by atoms with Crippen LogP contribution in [0.5, 0.6) is 0 Å². The van der Waals surface area contributed by atoms with Gasteiger partial charge in [0.25, 0.3) is 0 Å². The maximum Gasteiger partial charge on any atom is 0.160 e. The van der Waals surface area contributed by atoms with Gasteiger partial charge in [0.05, 0.1) is 22.6 Å². The van der Waals surface area contributed by atoms with E-state index in [-0.39, 0.29) is 0 Å². The van der Waals surface area contributed by atoms with E-state index in [9.17, 15) is 0 Å². The number of furan rings is 1. The number of aromatic nitrogens is 3. The normalized spacial score (nSPS) is 11.8. The van der Waals surface area contributed by atoms with Crippen molar-refractivity contribution in [2.24, 2.45) is 0 Å². The predicted octanol–water partition coefficient (Wildman–Crippen LogP) is 14.8. The first-order valence-corrected chi connectivity index (χ1v) is 20.2. The van der Waals surface area contributed by atoms with Crippen molar-refractivity contribution in [3.8, 4) is 56.3 Å². The molecule has 0 amide bonds. The highest BCUT2D eigenvalue weighted by molar-refractivity contribution is 7.25. The average molecular weight is 758 g/mol. The molecule has 5 heteroatoms. The molecule has 0 unspecified atom stereocenters. The lowest BCUT2D eigenvalue weighted by Gasteiger charge is -2.14.